The number of nitrogens with zero attached hydrogens (tertiary/aromatic N) is 4. The molecule has 1 amide bonds. The van der Waals surface area contributed by atoms with E-state index in [1.165, 1.54) is 37.4 Å². The maximum Gasteiger partial charge on any atom is 0.233 e. The zero-order chi connectivity index (χ0) is 21.2. The van der Waals surface area contributed by atoms with Crippen molar-refractivity contribution < 1.29 is 9.21 Å². The number of rotatable bonds is 5. The van der Waals surface area contributed by atoms with Gasteiger partial charge < -0.3 is 9.32 Å². The van der Waals surface area contributed by atoms with Crippen molar-refractivity contribution in [2.75, 3.05) is 18.8 Å². The molecule has 5 rings (SSSR count). The number of carbonyl (C=O) groups excluding carboxylic acids is 1. The van der Waals surface area contributed by atoms with Crippen LogP contribution in [0.25, 0.3) is 17.1 Å². The number of hydrogen-bond donors (Lipinski definition) is 0. The normalized spacial score (nSPS) is 21.1. The fourth-order valence-electron chi connectivity index (χ4n) is 5.01. The first-order chi connectivity index (χ1) is 15.2. The number of benzene rings is 1. The second-order valence-corrected chi connectivity index (χ2v) is 9.53. The van der Waals surface area contributed by atoms with Gasteiger partial charge in [-0.05, 0) is 49.8 Å². The van der Waals surface area contributed by atoms with Crippen LogP contribution in [0.5, 0.6) is 0 Å². The van der Waals surface area contributed by atoms with Crippen LogP contribution in [0.3, 0.4) is 0 Å². The summed E-state index contributed by atoms with van der Waals surface area (Å²) in [6, 6.07) is 11.9. The summed E-state index contributed by atoms with van der Waals surface area (Å²) in [7, 11) is 0. The van der Waals surface area contributed by atoms with E-state index in [1.54, 1.807) is 6.26 Å². The van der Waals surface area contributed by atoms with Gasteiger partial charge in [0.15, 0.2) is 11.0 Å². The largest absolute Gasteiger partial charge is 0.469 e. The number of amides is 1. The molecule has 162 valence electrons. The number of fused-ring (bicyclic) bond motifs is 1. The van der Waals surface area contributed by atoms with E-state index in [9.17, 15) is 4.79 Å². The van der Waals surface area contributed by atoms with Crippen molar-refractivity contribution in [1.82, 2.24) is 19.7 Å². The monoisotopic (exact) mass is 436 g/mol. The van der Waals surface area contributed by atoms with Crippen LogP contribution in [0.2, 0.25) is 0 Å². The molecule has 7 heteroatoms. The van der Waals surface area contributed by atoms with Crippen LogP contribution in [-0.4, -0.2) is 44.4 Å². The van der Waals surface area contributed by atoms with E-state index in [-0.39, 0.29) is 5.91 Å². The minimum absolute atomic E-state index is 0.206. The summed E-state index contributed by atoms with van der Waals surface area (Å²) in [5, 5.41) is 9.61. The summed E-state index contributed by atoms with van der Waals surface area (Å²) in [4.78, 5) is 15.1. The van der Waals surface area contributed by atoms with Crippen LogP contribution in [0, 0.1) is 18.8 Å². The highest BCUT2D eigenvalue weighted by Gasteiger charge is 2.33. The van der Waals surface area contributed by atoms with Gasteiger partial charge in [-0.3, -0.25) is 9.36 Å². The lowest BCUT2D eigenvalue weighted by molar-refractivity contribution is -0.131. The molecule has 0 unspecified atom stereocenters. The van der Waals surface area contributed by atoms with Crippen molar-refractivity contribution in [1.29, 1.82) is 0 Å². The van der Waals surface area contributed by atoms with Gasteiger partial charge in [0.05, 0.1) is 17.6 Å². The van der Waals surface area contributed by atoms with Crippen molar-refractivity contribution in [3.05, 3.63) is 48.4 Å². The Morgan fingerprint density at radius 1 is 1.10 bits per heavy atom. The molecule has 31 heavy (non-hydrogen) atoms. The van der Waals surface area contributed by atoms with Crippen LogP contribution >= 0.6 is 11.8 Å². The third kappa shape index (κ3) is 4.15. The molecule has 0 spiro atoms. The van der Waals surface area contributed by atoms with Crippen LogP contribution < -0.4 is 0 Å². The van der Waals surface area contributed by atoms with E-state index < -0.39 is 0 Å². The minimum Gasteiger partial charge on any atom is -0.469 e. The Morgan fingerprint density at radius 3 is 2.68 bits per heavy atom. The van der Waals surface area contributed by atoms with E-state index in [1.807, 2.05) is 47.9 Å². The molecule has 3 heterocycles. The SMILES string of the molecule is Cc1occc1-c1nnc(SCC(=O)N2CC[C@H]3CCCC[C@H]3C2)n1-c1ccccc1. The molecule has 1 aliphatic carbocycles. The number of piperidine rings is 1. The van der Waals surface area contributed by atoms with Crippen LogP contribution in [0.1, 0.15) is 37.9 Å². The lowest BCUT2D eigenvalue weighted by Crippen LogP contribution is -2.45. The lowest BCUT2D eigenvalue weighted by atomic mass is 9.75. The number of aryl methyl sites for hydroxylation is 1. The summed E-state index contributed by atoms with van der Waals surface area (Å²) >= 11 is 1.46. The van der Waals surface area contributed by atoms with Gasteiger partial charge in [0, 0.05) is 18.8 Å². The van der Waals surface area contributed by atoms with Crippen molar-refractivity contribution >= 4 is 17.7 Å². The van der Waals surface area contributed by atoms with E-state index in [4.69, 9.17) is 4.42 Å². The zero-order valence-electron chi connectivity index (χ0n) is 17.9. The van der Waals surface area contributed by atoms with Gasteiger partial charge in [0.1, 0.15) is 5.76 Å². The Hall–Kier alpha value is -2.54. The second-order valence-electron chi connectivity index (χ2n) is 8.59. The van der Waals surface area contributed by atoms with Gasteiger partial charge in [-0.1, -0.05) is 49.2 Å². The molecule has 1 aromatic carbocycles. The first kappa shape index (κ1) is 20.4. The molecule has 6 nitrogen and oxygen atoms in total. The fraction of sp³-hybridized carbons (Fsp3) is 0.458. The van der Waals surface area contributed by atoms with E-state index >= 15 is 0 Å². The summed E-state index contributed by atoms with van der Waals surface area (Å²) in [6.07, 6.45) is 8.12. The highest BCUT2D eigenvalue weighted by molar-refractivity contribution is 7.99. The first-order valence-corrected chi connectivity index (χ1v) is 12.1. The van der Waals surface area contributed by atoms with Crippen molar-refractivity contribution in [2.24, 2.45) is 11.8 Å². The highest BCUT2D eigenvalue weighted by Crippen LogP contribution is 2.36. The van der Waals surface area contributed by atoms with Crippen LogP contribution in [0.15, 0.2) is 52.2 Å². The lowest BCUT2D eigenvalue weighted by Gasteiger charge is -2.41. The van der Waals surface area contributed by atoms with Gasteiger partial charge in [0.2, 0.25) is 5.91 Å². The molecule has 1 saturated carbocycles. The van der Waals surface area contributed by atoms with E-state index in [0.29, 0.717) is 11.7 Å². The van der Waals surface area contributed by atoms with Crippen molar-refractivity contribution in [2.45, 2.75) is 44.2 Å². The molecular formula is C24H28N4O2S. The summed E-state index contributed by atoms with van der Waals surface area (Å²) in [5.41, 5.74) is 1.88. The van der Waals surface area contributed by atoms with Gasteiger partial charge in [-0.2, -0.15) is 0 Å². The predicted octanol–water partition coefficient (Wildman–Crippen LogP) is 4.97. The standard InChI is InChI=1S/C24H28N4O2S/c1-17-21(12-14-30-17)23-25-26-24(28(23)20-9-3-2-4-10-20)31-16-22(29)27-13-11-18-7-5-6-8-19(18)15-27/h2-4,9-10,12,14,18-19H,5-8,11,13,15-16H2,1H3/t18-,19+/m1/s1. The molecule has 1 saturated heterocycles. The molecule has 1 aliphatic heterocycles. The first-order valence-electron chi connectivity index (χ1n) is 11.2. The quantitative estimate of drug-likeness (QED) is 0.529. The summed E-state index contributed by atoms with van der Waals surface area (Å²) < 4.78 is 7.51. The Bertz CT molecular complexity index is 1050. The highest BCUT2D eigenvalue weighted by atomic mass is 32.2. The number of para-hydroxylation sites is 1. The number of hydrogen-bond acceptors (Lipinski definition) is 5. The number of likely N-dealkylation sites (tertiary alicyclic amines) is 1. The Morgan fingerprint density at radius 2 is 1.90 bits per heavy atom. The number of aromatic nitrogens is 3. The Balaban J connectivity index is 1.34. The molecule has 0 N–H and O–H groups in total. The minimum atomic E-state index is 0.206. The number of thioether (sulfide) groups is 1. The third-order valence-electron chi connectivity index (χ3n) is 6.72. The maximum atomic E-state index is 13.0. The van der Waals surface area contributed by atoms with Gasteiger partial charge in [-0.25, -0.2) is 0 Å². The van der Waals surface area contributed by atoms with Gasteiger partial charge >= 0.3 is 0 Å². The molecule has 2 fully saturated rings. The fourth-order valence-corrected chi connectivity index (χ4v) is 5.86. The molecule has 2 atom stereocenters. The summed E-state index contributed by atoms with van der Waals surface area (Å²) in [5.74, 6) is 3.64. The molecule has 2 aromatic heterocycles. The van der Waals surface area contributed by atoms with Gasteiger partial charge in [0.25, 0.3) is 0 Å². The smallest absolute Gasteiger partial charge is 0.233 e. The molecule has 0 radical (unpaired) electrons. The number of carbonyl (C=O) groups is 1. The Labute approximate surface area is 187 Å². The number of furan rings is 1. The second kappa shape index (κ2) is 8.91. The average molecular weight is 437 g/mol. The topological polar surface area (TPSA) is 64.2 Å². The van der Waals surface area contributed by atoms with Crippen molar-refractivity contribution in [3.8, 4) is 17.1 Å². The Kier molecular flexibility index (Phi) is 5.85. The maximum absolute atomic E-state index is 13.0. The zero-order valence-corrected chi connectivity index (χ0v) is 18.7. The van der Waals surface area contributed by atoms with Gasteiger partial charge in [-0.15, -0.1) is 10.2 Å². The molecular weight excluding hydrogens is 408 g/mol. The van der Waals surface area contributed by atoms with Crippen molar-refractivity contribution in [3.63, 3.8) is 0 Å². The molecule has 2 aliphatic rings. The van der Waals surface area contributed by atoms with E-state index in [0.717, 1.165) is 53.4 Å². The summed E-state index contributed by atoms with van der Waals surface area (Å²) in [6.45, 7) is 3.74. The molecule has 0 bridgehead atoms. The molecule has 3 aromatic rings. The third-order valence-corrected chi connectivity index (χ3v) is 7.63. The van der Waals surface area contributed by atoms with Crippen LogP contribution in [0.4, 0.5) is 0 Å². The predicted molar refractivity (Wildman–Crippen MR) is 121 cm³/mol. The van der Waals surface area contributed by atoms with Crippen LogP contribution in [-0.2, 0) is 4.79 Å². The van der Waals surface area contributed by atoms with E-state index in [2.05, 4.69) is 15.1 Å². The average Bonchev–Trinajstić information content (AvgIpc) is 3.43.